The number of nitrogens with one attached hydrogen (secondary N) is 1. The zero-order chi connectivity index (χ0) is 14.4. The van der Waals surface area contributed by atoms with Gasteiger partial charge >= 0.3 is 0 Å². The topological polar surface area (TPSA) is 72.2 Å². The number of hydrogen-bond donors (Lipinski definition) is 2. The Bertz CT molecular complexity index is 480. The summed E-state index contributed by atoms with van der Waals surface area (Å²) < 4.78 is 13.1. The summed E-state index contributed by atoms with van der Waals surface area (Å²) in [7, 11) is -1.44. The molecule has 3 N–H and O–H groups in total. The maximum atomic E-state index is 12.3. The Morgan fingerprint density at radius 2 is 2.21 bits per heavy atom. The van der Waals surface area contributed by atoms with E-state index >= 15 is 0 Å². The molecule has 0 aromatic heterocycles. The maximum Gasteiger partial charge on any atom is 0.235 e. The van der Waals surface area contributed by atoms with Gasteiger partial charge in [0.15, 0.2) is 0 Å². The van der Waals surface area contributed by atoms with E-state index in [4.69, 9.17) is 5.73 Å². The minimum Gasteiger partial charge on any atom is -0.398 e. The Hall–Kier alpha value is -0.880. The van der Waals surface area contributed by atoms with Gasteiger partial charge in [0, 0.05) is 16.7 Å². The zero-order valence-corrected chi connectivity index (χ0v) is 13.5. The fraction of sp³-hybridized carbons (Fsp3) is 0.462. The predicted octanol–water partition coefficient (Wildman–Crippen LogP) is 2.44. The van der Waals surface area contributed by atoms with Crippen molar-refractivity contribution in [1.29, 1.82) is 0 Å². The molecule has 0 saturated carbocycles. The third kappa shape index (κ3) is 4.62. The third-order valence-electron chi connectivity index (χ3n) is 2.71. The Morgan fingerprint density at radius 3 is 2.79 bits per heavy atom. The second-order valence-corrected chi connectivity index (χ2v) is 6.92. The number of unbranched alkanes of at least 4 members (excludes halogenated alkanes) is 1. The van der Waals surface area contributed by atoms with E-state index in [2.05, 4.69) is 28.2 Å². The van der Waals surface area contributed by atoms with E-state index in [9.17, 15) is 9.00 Å². The molecule has 0 heterocycles. The van der Waals surface area contributed by atoms with Crippen molar-refractivity contribution in [3.8, 4) is 0 Å². The molecule has 106 valence electrons. The highest BCUT2D eigenvalue weighted by Gasteiger charge is 2.22. The van der Waals surface area contributed by atoms with Gasteiger partial charge in [-0.25, -0.2) is 0 Å². The molecule has 0 bridgehead atoms. The van der Waals surface area contributed by atoms with Crippen LogP contribution in [0.25, 0.3) is 0 Å². The van der Waals surface area contributed by atoms with Gasteiger partial charge in [-0.05, 0) is 31.5 Å². The van der Waals surface area contributed by atoms with E-state index in [1.165, 1.54) is 0 Å². The van der Waals surface area contributed by atoms with Crippen molar-refractivity contribution >= 4 is 38.3 Å². The van der Waals surface area contributed by atoms with Crippen molar-refractivity contribution in [3.63, 3.8) is 0 Å². The van der Waals surface area contributed by atoms with Crippen LogP contribution in [0, 0.1) is 0 Å². The molecule has 2 unspecified atom stereocenters. The Kier molecular flexibility index (Phi) is 6.51. The summed E-state index contributed by atoms with van der Waals surface area (Å²) in [4.78, 5) is 12.4. The number of nitrogens with two attached hydrogens (primary N) is 1. The van der Waals surface area contributed by atoms with Crippen molar-refractivity contribution in [2.24, 2.45) is 0 Å². The number of nitrogen functional groups attached to an aromatic ring is 1. The molecule has 1 rings (SSSR count). The molecule has 4 nitrogen and oxygen atoms in total. The number of rotatable bonds is 6. The molecule has 0 spiro atoms. The normalized spacial score (nSPS) is 13.8. The molecule has 0 aliphatic carbocycles. The van der Waals surface area contributed by atoms with E-state index in [1.807, 2.05) is 0 Å². The van der Waals surface area contributed by atoms with Crippen LogP contribution in [0.2, 0.25) is 0 Å². The van der Waals surface area contributed by atoms with Gasteiger partial charge in [0.05, 0.1) is 15.7 Å². The monoisotopic (exact) mass is 346 g/mol. The van der Waals surface area contributed by atoms with Crippen LogP contribution in [0.15, 0.2) is 27.6 Å². The van der Waals surface area contributed by atoms with E-state index in [-0.39, 0.29) is 5.91 Å². The highest BCUT2D eigenvalue weighted by Crippen LogP contribution is 2.23. The lowest BCUT2D eigenvalue weighted by atomic mass is 10.3. The Morgan fingerprint density at radius 1 is 1.53 bits per heavy atom. The van der Waals surface area contributed by atoms with Crippen molar-refractivity contribution < 1.29 is 9.00 Å². The minimum atomic E-state index is -1.44. The third-order valence-corrected chi connectivity index (χ3v) is 4.86. The molecule has 0 saturated heterocycles. The first-order valence-corrected chi connectivity index (χ1v) is 8.21. The average molecular weight is 347 g/mol. The van der Waals surface area contributed by atoms with E-state index in [1.54, 1.807) is 25.1 Å². The van der Waals surface area contributed by atoms with Crippen LogP contribution in [0.1, 0.15) is 26.7 Å². The van der Waals surface area contributed by atoms with Gasteiger partial charge in [-0.1, -0.05) is 29.3 Å². The number of carbonyl (C=O) groups is 1. The molecule has 0 radical (unpaired) electrons. The molecule has 1 aromatic rings. The number of benzene rings is 1. The SMILES string of the molecule is CCCCNC(=O)C(C)S(=O)c1ccc(Br)cc1N. The molecule has 0 fully saturated rings. The van der Waals surface area contributed by atoms with E-state index in [0.717, 1.165) is 17.3 Å². The van der Waals surface area contributed by atoms with Crippen LogP contribution < -0.4 is 11.1 Å². The smallest absolute Gasteiger partial charge is 0.235 e. The average Bonchev–Trinajstić information content (AvgIpc) is 2.37. The fourth-order valence-electron chi connectivity index (χ4n) is 1.52. The van der Waals surface area contributed by atoms with Crippen LogP contribution in [0.4, 0.5) is 5.69 Å². The molecular weight excluding hydrogens is 328 g/mol. The van der Waals surface area contributed by atoms with Crippen molar-refractivity contribution in [2.75, 3.05) is 12.3 Å². The van der Waals surface area contributed by atoms with Gasteiger partial charge < -0.3 is 11.1 Å². The Balaban J connectivity index is 2.73. The molecule has 1 aromatic carbocycles. The van der Waals surface area contributed by atoms with Gasteiger partial charge in [-0.15, -0.1) is 0 Å². The van der Waals surface area contributed by atoms with Gasteiger partial charge in [0.25, 0.3) is 0 Å². The highest BCUT2D eigenvalue weighted by atomic mass is 79.9. The Labute approximate surface area is 124 Å². The van der Waals surface area contributed by atoms with Gasteiger partial charge in [-0.2, -0.15) is 0 Å². The van der Waals surface area contributed by atoms with Gasteiger partial charge in [0.2, 0.25) is 5.91 Å². The minimum absolute atomic E-state index is 0.200. The van der Waals surface area contributed by atoms with Crippen LogP contribution in [0.5, 0.6) is 0 Å². The maximum absolute atomic E-state index is 12.3. The van der Waals surface area contributed by atoms with Crippen LogP contribution in [-0.4, -0.2) is 21.9 Å². The summed E-state index contributed by atoms with van der Waals surface area (Å²) >= 11 is 3.30. The second-order valence-electron chi connectivity index (χ2n) is 4.27. The summed E-state index contributed by atoms with van der Waals surface area (Å²) in [6.07, 6.45) is 1.93. The summed E-state index contributed by atoms with van der Waals surface area (Å²) in [5, 5.41) is 2.17. The predicted molar refractivity (Wildman–Crippen MR) is 82.3 cm³/mol. The summed E-state index contributed by atoms with van der Waals surface area (Å²) in [5.41, 5.74) is 6.26. The second kappa shape index (κ2) is 7.65. The first-order valence-electron chi connectivity index (χ1n) is 6.20. The largest absolute Gasteiger partial charge is 0.398 e. The number of carbonyl (C=O) groups excluding carboxylic acids is 1. The number of hydrogen-bond acceptors (Lipinski definition) is 3. The summed E-state index contributed by atoms with van der Waals surface area (Å²) in [6, 6.07) is 5.14. The van der Waals surface area contributed by atoms with Crippen LogP contribution in [-0.2, 0) is 15.6 Å². The lowest BCUT2D eigenvalue weighted by Crippen LogP contribution is -2.36. The van der Waals surface area contributed by atoms with E-state index < -0.39 is 16.0 Å². The first-order chi connectivity index (χ1) is 8.97. The molecule has 1 amide bonds. The number of anilines is 1. The molecular formula is C13H19BrN2O2S. The van der Waals surface area contributed by atoms with Crippen molar-refractivity contribution in [2.45, 2.75) is 36.8 Å². The molecule has 6 heteroatoms. The first kappa shape index (κ1) is 16.2. The standard InChI is InChI=1S/C13H19BrN2O2S/c1-3-4-7-16-13(17)9(2)19(18)12-6-5-10(14)8-11(12)15/h5-6,8-9H,3-4,7,15H2,1-2H3,(H,16,17). The highest BCUT2D eigenvalue weighted by molar-refractivity contribution is 9.10. The summed E-state index contributed by atoms with van der Waals surface area (Å²) in [5.74, 6) is -0.200. The molecule has 2 atom stereocenters. The number of halogens is 1. The molecule has 19 heavy (non-hydrogen) atoms. The zero-order valence-electron chi connectivity index (χ0n) is 11.1. The lowest BCUT2D eigenvalue weighted by molar-refractivity contribution is -0.120. The summed E-state index contributed by atoms with van der Waals surface area (Å²) in [6.45, 7) is 4.32. The number of amides is 1. The van der Waals surface area contributed by atoms with Gasteiger partial charge in [-0.3, -0.25) is 9.00 Å². The molecule has 0 aliphatic heterocycles. The quantitative estimate of drug-likeness (QED) is 0.613. The van der Waals surface area contributed by atoms with Gasteiger partial charge in [0.1, 0.15) is 5.25 Å². The van der Waals surface area contributed by atoms with Crippen LogP contribution in [0.3, 0.4) is 0 Å². The van der Waals surface area contributed by atoms with Crippen molar-refractivity contribution in [3.05, 3.63) is 22.7 Å². The van der Waals surface area contributed by atoms with E-state index in [0.29, 0.717) is 17.1 Å². The lowest BCUT2D eigenvalue weighted by Gasteiger charge is -2.13. The molecule has 0 aliphatic rings. The fourth-order valence-corrected chi connectivity index (χ4v) is 3.05. The van der Waals surface area contributed by atoms with Crippen LogP contribution >= 0.6 is 15.9 Å². The van der Waals surface area contributed by atoms with Crippen molar-refractivity contribution in [1.82, 2.24) is 5.32 Å².